The molecule has 0 saturated carbocycles. The summed E-state index contributed by atoms with van der Waals surface area (Å²) in [5.41, 5.74) is 5.66. The Labute approximate surface area is 108 Å². The topological polar surface area (TPSA) is 55.1 Å². The zero-order valence-electron chi connectivity index (χ0n) is 11.2. The number of nitrogens with two attached hydrogens (primary N) is 1. The third-order valence-electron chi connectivity index (χ3n) is 3.13. The van der Waals surface area contributed by atoms with Gasteiger partial charge in [-0.1, -0.05) is 26.3 Å². The summed E-state index contributed by atoms with van der Waals surface area (Å²) in [7, 11) is 0. The summed E-state index contributed by atoms with van der Waals surface area (Å²) in [5.74, 6) is -0.329. The van der Waals surface area contributed by atoms with Crippen LogP contribution in [-0.2, 0) is 0 Å². The van der Waals surface area contributed by atoms with Crippen molar-refractivity contribution in [3.63, 3.8) is 0 Å². The standard InChI is InChI=1S/C14H21FN2O/c1-4-9(2)8-10(3)17-14(18)11-6-5-7-12(15)13(11)16/h5-7,9-10H,4,8,16H2,1-3H3,(H,17,18). The van der Waals surface area contributed by atoms with E-state index in [-0.39, 0.29) is 23.2 Å². The highest BCUT2D eigenvalue weighted by molar-refractivity contribution is 5.99. The van der Waals surface area contributed by atoms with E-state index in [9.17, 15) is 9.18 Å². The Morgan fingerprint density at radius 1 is 1.44 bits per heavy atom. The third kappa shape index (κ3) is 3.72. The molecule has 0 spiro atoms. The van der Waals surface area contributed by atoms with Gasteiger partial charge in [-0.05, 0) is 31.4 Å². The van der Waals surface area contributed by atoms with Crippen LogP contribution in [0.1, 0.15) is 44.0 Å². The zero-order valence-corrected chi connectivity index (χ0v) is 11.2. The van der Waals surface area contributed by atoms with Gasteiger partial charge in [0, 0.05) is 6.04 Å². The quantitative estimate of drug-likeness (QED) is 0.792. The molecule has 0 aliphatic carbocycles. The molecule has 0 radical (unpaired) electrons. The molecule has 18 heavy (non-hydrogen) atoms. The molecule has 0 aliphatic heterocycles. The van der Waals surface area contributed by atoms with Gasteiger partial charge in [0.25, 0.3) is 5.91 Å². The van der Waals surface area contributed by atoms with Crippen molar-refractivity contribution >= 4 is 11.6 Å². The van der Waals surface area contributed by atoms with Gasteiger partial charge in [-0.25, -0.2) is 4.39 Å². The lowest BCUT2D eigenvalue weighted by Gasteiger charge is -2.18. The molecule has 3 N–H and O–H groups in total. The minimum absolute atomic E-state index is 0.0510. The minimum atomic E-state index is -0.558. The van der Waals surface area contributed by atoms with E-state index in [2.05, 4.69) is 19.2 Å². The summed E-state index contributed by atoms with van der Waals surface area (Å²) in [6, 6.07) is 4.31. The van der Waals surface area contributed by atoms with Crippen LogP contribution in [0.3, 0.4) is 0 Å². The smallest absolute Gasteiger partial charge is 0.253 e. The van der Waals surface area contributed by atoms with E-state index in [0.717, 1.165) is 12.8 Å². The van der Waals surface area contributed by atoms with E-state index in [0.29, 0.717) is 5.92 Å². The number of para-hydroxylation sites is 1. The van der Waals surface area contributed by atoms with Crippen molar-refractivity contribution in [3.05, 3.63) is 29.6 Å². The molecule has 0 fully saturated rings. The van der Waals surface area contributed by atoms with Crippen LogP contribution >= 0.6 is 0 Å². The van der Waals surface area contributed by atoms with E-state index in [4.69, 9.17) is 5.73 Å². The van der Waals surface area contributed by atoms with Gasteiger partial charge in [-0.15, -0.1) is 0 Å². The summed E-state index contributed by atoms with van der Waals surface area (Å²) in [5, 5.41) is 2.84. The van der Waals surface area contributed by atoms with Gasteiger partial charge in [-0.3, -0.25) is 4.79 Å². The molecule has 3 nitrogen and oxygen atoms in total. The lowest BCUT2D eigenvalue weighted by Crippen LogP contribution is -2.34. The van der Waals surface area contributed by atoms with Crippen LogP contribution < -0.4 is 11.1 Å². The molecule has 1 amide bonds. The maximum atomic E-state index is 13.2. The van der Waals surface area contributed by atoms with Crippen LogP contribution in [-0.4, -0.2) is 11.9 Å². The number of nitrogen functional groups attached to an aromatic ring is 1. The summed E-state index contributed by atoms with van der Waals surface area (Å²) in [4.78, 5) is 11.9. The van der Waals surface area contributed by atoms with E-state index in [1.54, 1.807) is 0 Å². The first-order valence-corrected chi connectivity index (χ1v) is 6.30. The fraction of sp³-hybridized carbons (Fsp3) is 0.500. The van der Waals surface area contributed by atoms with Gasteiger partial charge < -0.3 is 11.1 Å². The lowest BCUT2D eigenvalue weighted by atomic mass is 10.00. The monoisotopic (exact) mass is 252 g/mol. The van der Waals surface area contributed by atoms with Crippen molar-refractivity contribution in [3.8, 4) is 0 Å². The number of anilines is 1. The normalized spacial score (nSPS) is 14.0. The molecule has 100 valence electrons. The van der Waals surface area contributed by atoms with Crippen LogP contribution in [0.15, 0.2) is 18.2 Å². The molecular formula is C14H21FN2O. The van der Waals surface area contributed by atoms with E-state index < -0.39 is 5.82 Å². The Hall–Kier alpha value is -1.58. The van der Waals surface area contributed by atoms with Crippen LogP contribution in [0.2, 0.25) is 0 Å². The first-order chi connectivity index (χ1) is 8.45. The number of carbonyl (C=O) groups excluding carboxylic acids is 1. The molecule has 2 unspecified atom stereocenters. The number of halogens is 1. The molecule has 0 saturated heterocycles. The van der Waals surface area contributed by atoms with Crippen molar-refractivity contribution in [2.24, 2.45) is 5.92 Å². The average molecular weight is 252 g/mol. The Morgan fingerprint density at radius 2 is 2.11 bits per heavy atom. The second-order valence-electron chi connectivity index (χ2n) is 4.82. The van der Waals surface area contributed by atoms with Gasteiger partial charge in [0.05, 0.1) is 11.3 Å². The first-order valence-electron chi connectivity index (χ1n) is 6.30. The molecule has 1 rings (SSSR count). The van der Waals surface area contributed by atoms with Crippen LogP contribution in [0.4, 0.5) is 10.1 Å². The third-order valence-corrected chi connectivity index (χ3v) is 3.13. The number of nitrogens with one attached hydrogen (secondary N) is 1. The largest absolute Gasteiger partial charge is 0.396 e. The first kappa shape index (κ1) is 14.5. The van der Waals surface area contributed by atoms with Gasteiger partial charge in [0.15, 0.2) is 0 Å². The number of amides is 1. The average Bonchev–Trinajstić information content (AvgIpc) is 2.32. The van der Waals surface area contributed by atoms with E-state index in [1.807, 2.05) is 6.92 Å². The highest BCUT2D eigenvalue weighted by atomic mass is 19.1. The van der Waals surface area contributed by atoms with Gasteiger partial charge in [-0.2, -0.15) is 0 Å². The summed E-state index contributed by atoms with van der Waals surface area (Å²) in [6.07, 6.45) is 1.97. The lowest BCUT2D eigenvalue weighted by molar-refractivity contribution is 0.0936. The second kappa shape index (κ2) is 6.38. The highest BCUT2D eigenvalue weighted by Crippen LogP contribution is 2.16. The molecule has 1 aromatic rings. The Bertz CT molecular complexity index is 420. The minimum Gasteiger partial charge on any atom is -0.396 e. The Balaban J connectivity index is 2.68. The molecule has 2 atom stereocenters. The molecule has 0 bridgehead atoms. The molecular weight excluding hydrogens is 231 g/mol. The van der Waals surface area contributed by atoms with Crippen molar-refractivity contribution in [2.45, 2.75) is 39.7 Å². The second-order valence-corrected chi connectivity index (χ2v) is 4.82. The molecule has 0 heterocycles. The van der Waals surface area contributed by atoms with E-state index >= 15 is 0 Å². The number of hydrogen-bond acceptors (Lipinski definition) is 2. The van der Waals surface area contributed by atoms with Gasteiger partial charge in [0.1, 0.15) is 5.82 Å². The fourth-order valence-electron chi connectivity index (χ4n) is 1.87. The predicted molar refractivity (Wildman–Crippen MR) is 71.8 cm³/mol. The summed E-state index contributed by atoms with van der Waals surface area (Å²) in [6.45, 7) is 6.20. The van der Waals surface area contributed by atoms with Crippen LogP contribution in [0.25, 0.3) is 0 Å². The molecule has 0 aliphatic rings. The van der Waals surface area contributed by atoms with Crippen LogP contribution in [0.5, 0.6) is 0 Å². The summed E-state index contributed by atoms with van der Waals surface area (Å²) < 4.78 is 13.2. The van der Waals surface area contributed by atoms with E-state index in [1.165, 1.54) is 18.2 Å². The van der Waals surface area contributed by atoms with Crippen molar-refractivity contribution in [1.29, 1.82) is 0 Å². The number of hydrogen-bond donors (Lipinski definition) is 2. The summed E-state index contributed by atoms with van der Waals surface area (Å²) >= 11 is 0. The molecule has 1 aromatic carbocycles. The number of carbonyl (C=O) groups is 1. The zero-order chi connectivity index (χ0) is 13.7. The van der Waals surface area contributed by atoms with Crippen molar-refractivity contribution < 1.29 is 9.18 Å². The van der Waals surface area contributed by atoms with Gasteiger partial charge >= 0.3 is 0 Å². The Morgan fingerprint density at radius 3 is 2.72 bits per heavy atom. The highest BCUT2D eigenvalue weighted by Gasteiger charge is 2.15. The SMILES string of the molecule is CCC(C)CC(C)NC(=O)c1cccc(F)c1N. The fourth-order valence-corrected chi connectivity index (χ4v) is 1.87. The Kier molecular flexibility index (Phi) is 5.13. The number of benzene rings is 1. The number of rotatable bonds is 5. The van der Waals surface area contributed by atoms with Gasteiger partial charge in [0.2, 0.25) is 0 Å². The van der Waals surface area contributed by atoms with Crippen molar-refractivity contribution in [1.82, 2.24) is 5.32 Å². The maximum Gasteiger partial charge on any atom is 0.253 e. The maximum absolute atomic E-state index is 13.2. The van der Waals surface area contributed by atoms with Crippen LogP contribution in [0, 0.1) is 11.7 Å². The van der Waals surface area contributed by atoms with Crippen molar-refractivity contribution in [2.75, 3.05) is 5.73 Å². The molecule has 0 aromatic heterocycles. The predicted octanol–water partition coefficient (Wildman–Crippen LogP) is 2.96. The molecule has 4 heteroatoms.